The molecular weight excluding hydrogens is 366 g/mol. The third-order valence-electron chi connectivity index (χ3n) is 4.31. The average molecular weight is 383 g/mol. The predicted molar refractivity (Wildman–Crippen MR) is 98.7 cm³/mol. The van der Waals surface area contributed by atoms with Gasteiger partial charge in [-0.25, -0.2) is 9.97 Å². The van der Waals surface area contributed by atoms with E-state index >= 15 is 0 Å². The van der Waals surface area contributed by atoms with E-state index in [1.807, 2.05) is 6.92 Å². The Bertz CT molecular complexity index is 1010. The quantitative estimate of drug-likeness (QED) is 0.746. The zero-order valence-corrected chi connectivity index (χ0v) is 15.7. The summed E-state index contributed by atoms with van der Waals surface area (Å²) in [5.74, 6) is 0.949. The van der Waals surface area contributed by atoms with Crippen LogP contribution in [0.4, 0.5) is 5.13 Å². The summed E-state index contributed by atoms with van der Waals surface area (Å²) in [6, 6.07) is 1.77. The molecule has 0 unspecified atom stereocenters. The van der Waals surface area contributed by atoms with E-state index in [4.69, 9.17) is 4.42 Å². The molecule has 0 fully saturated rings. The summed E-state index contributed by atoms with van der Waals surface area (Å²) < 4.78 is 5.47. The van der Waals surface area contributed by atoms with E-state index in [9.17, 15) is 9.59 Å². The van der Waals surface area contributed by atoms with Gasteiger partial charge in [0.2, 0.25) is 0 Å². The topological polar surface area (TPSA) is 101 Å². The van der Waals surface area contributed by atoms with E-state index in [0.29, 0.717) is 36.0 Å². The SMILES string of the molecule is Cc1cc(C(=O)N2CCc3nc(NC(=O)c4cnccn4)sc3C2)c(C)o1. The molecule has 0 atom stereocenters. The molecular formula is C18H17N5O3S. The van der Waals surface area contributed by atoms with Crippen LogP contribution < -0.4 is 5.32 Å². The standard InChI is InChI=1S/C18H17N5O3S/c1-10-7-12(11(2)26-10)17(25)23-6-3-13-15(9-23)27-18(21-13)22-16(24)14-8-19-4-5-20-14/h4-5,7-8H,3,6,9H2,1-2H3,(H,21,22,24). The molecule has 1 aliphatic heterocycles. The van der Waals surface area contributed by atoms with Crippen molar-refractivity contribution < 1.29 is 14.0 Å². The number of amides is 2. The Kier molecular flexibility index (Phi) is 4.44. The van der Waals surface area contributed by atoms with Crippen molar-refractivity contribution in [2.45, 2.75) is 26.8 Å². The van der Waals surface area contributed by atoms with Gasteiger partial charge in [0.1, 0.15) is 17.2 Å². The molecule has 0 aromatic carbocycles. The number of carbonyl (C=O) groups excluding carboxylic acids is 2. The first-order chi connectivity index (χ1) is 13.0. The van der Waals surface area contributed by atoms with Crippen LogP contribution in [-0.2, 0) is 13.0 Å². The fourth-order valence-electron chi connectivity index (χ4n) is 3.01. The second-order valence-electron chi connectivity index (χ2n) is 6.24. The molecule has 0 aliphatic carbocycles. The fourth-order valence-corrected chi connectivity index (χ4v) is 4.03. The van der Waals surface area contributed by atoms with E-state index in [1.165, 1.54) is 29.9 Å². The van der Waals surface area contributed by atoms with Crippen molar-refractivity contribution in [2.24, 2.45) is 0 Å². The maximum atomic E-state index is 12.8. The van der Waals surface area contributed by atoms with Crippen LogP contribution in [0.25, 0.3) is 0 Å². The van der Waals surface area contributed by atoms with Gasteiger partial charge in [-0.2, -0.15) is 0 Å². The number of anilines is 1. The number of aryl methyl sites for hydroxylation is 2. The molecule has 1 aliphatic rings. The van der Waals surface area contributed by atoms with Crippen molar-refractivity contribution in [3.8, 4) is 0 Å². The van der Waals surface area contributed by atoms with Crippen LogP contribution in [0.15, 0.2) is 29.1 Å². The minimum Gasteiger partial charge on any atom is -0.466 e. The number of hydrogen-bond acceptors (Lipinski definition) is 7. The van der Waals surface area contributed by atoms with Crippen LogP contribution >= 0.6 is 11.3 Å². The number of nitrogens with zero attached hydrogens (tertiary/aromatic N) is 4. The van der Waals surface area contributed by atoms with Crippen molar-refractivity contribution in [2.75, 3.05) is 11.9 Å². The molecule has 4 heterocycles. The van der Waals surface area contributed by atoms with E-state index in [-0.39, 0.29) is 17.5 Å². The van der Waals surface area contributed by atoms with Crippen LogP contribution in [-0.4, -0.2) is 38.2 Å². The van der Waals surface area contributed by atoms with Crippen LogP contribution in [0.3, 0.4) is 0 Å². The van der Waals surface area contributed by atoms with E-state index in [1.54, 1.807) is 17.9 Å². The smallest absolute Gasteiger partial charge is 0.277 e. The summed E-state index contributed by atoms with van der Waals surface area (Å²) in [6.07, 6.45) is 5.02. The van der Waals surface area contributed by atoms with Crippen molar-refractivity contribution in [3.05, 3.63) is 58.0 Å². The molecule has 3 aromatic heterocycles. The molecule has 0 spiro atoms. The van der Waals surface area contributed by atoms with Gasteiger partial charge < -0.3 is 9.32 Å². The number of hydrogen-bond donors (Lipinski definition) is 1. The summed E-state index contributed by atoms with van der Waals surface area (Å²) >= 11 is 1.38. The Morgan fingerprint density at radius 1 is 1.30 bits per heavy atom. The Balaban J connectivity index is 1.48. The highest BCUT2D eigenvalue weighted by atomic mass is 32.1. The van der Waals surface area contributed by atoms with Gasteiger partial charge in [0.05, 0.1) is 24.0 Å². The van der Waals surface area contributed by atoms with Gasteiger partial charge in [0, 0.05) is 30.2 Å². The molecule has 0 saturated carbocycles. The van der Waals surface area contributed by atoms with E-state index in [2.05, 4.69) is 20.3 Å². The van der Waals surface area contributed by atoms with Crippen molar-refractivity contribution in [1.82, 2.24) is 19.9 Å². The van der Waals surface area contributed by atoms with Crippen molar-refractivity contribution in [3.63, 3.8) is 0 Å². The largest absolute Gasteiger partial charge is 0.466 e. The number of carbonyl (C=O) groups is 2. The first-order valence-electron chi connectivity index (χ1n) is 8.43. The Morgan fingerprint density at radius 2 is 2.15 bits per heavy atom. The lowest BCUT2D eigenvalue weighted by Crippen LogP contribution is -2.35. The number of thiazole rings is 1. The Morgan fingerprint density at radius 3 is 2.85 bits per heavy atom. The van der Waals surface area contributed by atoms with Crippen molar-refractivity contribution >= 4 is 28.3 Å². The summed E-state index contributed by atoms with van der Waals surface area (Å²) in [5, 5.41) is 3.25. The number of aromatic nitrogens is 3. The Labute approximate surface area is 159 Å². The fraction of sp³-hybridized carbons (Fsp3) is 0.278. The lowest BCUT2D eigenvalue weighted by atomic mass is 10.1. The van der Waals surface area contributed by atoms with Crippen molar-refractivity contribution in [1.29, 1.82) is 0 Å². The summed E-state index contributed by atoms with van der Waals surface area (Å²) in [7, 11) is 0. The first-order valence-corrected chi connectivity index (χ1v) is 9.25. The molecule has 8 nitrogen and oxygen atoms in total. The minimum atomic E-state index is -0.355. The second-order valence-corrected chi connectivity index (χ2v) is 7.32. The molecule has 138 valence electrons. The molecule has 0 saturated heterocycles. The lowest BCUT2D eigenvalue weighted by molar-refractivity contribution is 0.0734. The van der Waals surface area contributed by atoms with Crippen LogP contribution in [0, 0.1) is 13.8 Å². The number of rotatable bonds is 3. The summed E-state index contributed by atoms with van der Waals surface area (Å²) in [4.78, 5) is 40.1. The summed E-state index contributed by atoms with van der Waals surface area (Å²) in [5.41, 5.74) is 1.74. The van der Waals surface area contributed by atoms with Gasteiger partial charge in [0.25, 0.3) is 11.8 Å². The predicted octanol–water partition coefficient (Wildman–Crippen LogP) is 2.59. The molecule has 1 N–H and O–H groups in total. The minimum absolute atomic E-state index is 0.0476. The van der Waals surface area contributed by atoms with Gasteiger partial charge in [0.15, 0.2) is 5.13 Å². The maximum Gasteiger partial charge on any atom is 0.277 e. The maximum absolute atomic E-state index is 12.8. The molecule has 3 aromatic rings. The normalized spacial score (nSPS) is 13.3. The Hall–Kier alpha value is -3.07. The van der Waals surface area contributed by atoms with Crippen LogP contribution in [0.2, 0.25) is 0 Å². The third kappa shape index (κ3) is 3.45. The molecule has 2 amide bonds. The lowest BCUT2D eigenvalue weighted by Gasteiger charge is -2.25. The highest BCUT2D eigenvalue weighted by molar-refractivity contribution is 7.15. The molecule has 4 rings (SSSR count). The summed E-state index contributed by atoms with van der Waals surface area (Å²) in [6.45, 7) is 4.67. The molecule has 27 heavy (non-hydrogen) atoms. The number of nitrogens with one attached hydrogen (secondary N) is 1. The van der Waals surface area contributed by atoms with Gasteiger partial charge >= 0.3 is 0 Å². The van der Waals surface area contributed by atoms with Gasteiger partial charge in [-0.15, -0.1) is 0 Å². The molecule has 0 radical (unpaired) electrons. The second kappa shape index (κ2) is 6.92. The molecule has 0 bridgehead atoms. The highest BCUT2D eigenvalue weighted by Gasteiger charge is 2.27. The van der Waals surface area contributed by atoms with Crippen LogP contribution in [0.1, 0.15) is 42.9 Å². The van der Waals surface area contributed by atoms with Gasteiger partial charge in [-0.05, 0) is 19.9 Å². The van der Waals surface area contributed by atoms with E-state index < -0.39 is 0 Å². The number of furan rings is 1. The molecule has 9 heteroatoms. The van der Waals surface area contributed by atoms with Gasteiger partial charge in [-0.3, -0.25) is 19.9 Å². The number of fused-ring (bicyclic) bond motifs is 1. The van der Waals surface area contributed by atoms with Gasteiger partial charge in [-0.1, -0.05) is 11.3 Å². The van der Waals surface area contributed by atoms with E-state index in [0.717, 1.165) is 16.3 Å². The van der Waals surface area contributed by atoms with Crippen LogP contribution in [0.5, 0.6) is 0 Å². The zero-order chi connectivity index (χ0) is 19.0. The average Bonchev–Trinajstić information content (AvgIpc) is 3.22. The highest BCUT2D eigenvalue weighted by Crippen LogP contribution is 2.29. The monoisotopic (exact) mass is 383 g/mol. The third-order valence-corrected chi connectivity index (χ3v) is 5.30. The first kappa shape index (κ1) is 17.3. The zero-order valence-electron chi connectivity index (χ0n) is 14.9.